The Hall–Kier alpha value is -3.57. The van der Waals surface area contributed by atoms with Crippen molar-refractivity contribution >= 4 is 65.4 Å². The van der Waals surface area contributed by atoms with Crippen LogP contribution in [0.4, 0.5) is 15.3 Å². The summed E-state index contributed by atoms with van der Waals surface area (Å²) in [5.74, 6) is 0. The molecule has 2 amide bonds. The van der Waals surface area contributed by atoms with Crippen molar-refractivity contribution in [3.05, 3.63) is 128 Å². The van der Waals surface area contributed by atoms with Crippen LogP contribution in [0.2, 0.25) is 0 Å². The Balaban J connectivity index is 0.000000814. The summed E-state index contributed by atoms with van der Waals surface area (Å²) in [6.07, 6.45) is 34.4. The summed E-state index contributed by atoms with van der Waals surface area (Å²) in [7, 11) is 7.69. The van der Waals surface area contributed by atoms with Gasteiger partial charge in [-0.05, 0) is 85.8 Å². The molecule has 66 heavy (non-hydrogen) atoms. The molecule has 5 aromatic rings. The van der Waals surface area contributed by atoms with Crippen LogP contribution in [0.25, 0.3) is 17.0 Å². The quantitative estimate of drug-likeness (QED) is 0.0974. The van der Waals surface area contributed by atoms with E-state index < -0.39 is 5.60 Å². The molecule has 0 bridgehead atoms. The van der Waals surface area contributed by atoms with Crippen molar-refractivity contribution < 1.29 is 66.1 Å². The third-order valence-electron chi connectivity index (χ3n) is 9.93. The zero-order valence-electron chi connectivity index (χ0n) is 39.9. The van der Waals surface area contributed by atoms with Crippen LogP contribution in [-0.4, -0.2) is 103 Å². The van der Waals surface area contributed by atoms with Crippen molar-refractivity contribution in [1.82, 2.24) is 39.3 Å². The predicted molar refractivity (Wildman–Crippen MR) is 269 cm³/mol. The van der Waals surface area contributed by atoms with E-state index in [1.807, 2.05) is 98.0 Å². The Kier molecular flexibility index (Phi) is 33.6. The van der Waals surface area contributed by atoms with E-state index in [4.69, 9.17) is 11.6 Å². The number of halogens is 3. The number of anilines is 1. The first-order valence-electron chi connectivity index (χ1n) is 21.6. The fourth-order valence-electron chi connectivity index (χ4n) is 6.54. The molecule has 13 nitrogen and oxygen atoms in total. The second-order valence-corrected chi connectivity index (χ2v) is 16.7. The molecule has 0 saturated heterocycles. The van der Waals surface area contributed by atoms with Crippen LogP contribution >= 0.6 is 36.4 Å². The van der Waals surface area contributed by atoms with Crippen molar-refractivity contribution in [2.75, 3.05) is 33.1 Å². The van der Waals surface area contributed by atoms with E-state index in [9.17, 15) is 14.7 Å². The standard InChI is InChI=1S/C16H20N4O.C9H8N2.C8H14ClNO.C7H10N2.C5H5N.C4H9O.2ClH.K/c1-19(14-7-3-2-4-8-14)16(21)20-11-15(18-12-20)13-6-5-9-17-10-13;1-3-8(7-10-5-1)9-4-2-6-11-9;1-10(8(9)11)7-5-3-2-4-6-7;1-9(2)7-3-5-8-6-4-7;1-2-4-6-5-3-1;1-4(2,3)5;;;/h5-6,9-12,14H,2-4,7-8H2,1H3;1,3-7H,2H2;7H,2-6H2,1H3;3-6H,1-2H3;1-5H;1-3H3;2*1H;/q;;;;;-1;;;+1. The van der Waals surface area contributed by atoms with Gasteiger partial charge in [0.2, 0.25) is 0 Å². The third kappa shape index (κ3) is 26.1. The number of carbonyl (C=O) groups excluding carboxylic acids is 2. The molecule has 1 aliphatic heterocycles. The smallest absolute Gasteiger partial charge is 0.850 e. The molecule has 8 rings (SSSR count). The number of amides is 2. The first kappa shape index (κ1) is 62.4. The predicted octanol–water partition coefficient (Wildman–Crippen LogP) is 7.91. The normalized spacial score (nSPS) is 13.7. The number of hydrogen-bond donors (Lipinski definition) is 0. The van der Waals surface area contributed by atoms with E-state index in [0.717, 1.165) is 54.6 Å². The molecular weight excluding hydrogens is 922 g/mol. The number of allylic oxidation sites excluding steroid dienone is 1. The first-order valence-corrected chi connectivity index (χ1v) is 22.0. The molecule has 3 aliphatic rings. The monoisotopic (exact) mass is 988 g/mol. The van der Waals surface area contributed by atoms with Crippen LogP contribution in [0.5, 0.6) is 0 Å². The van der Waals surface area contributed by atoms with Crippen molar-refractivity contribution in [1.29, 1.82) is 0 Å². The van der Waals surface area contributed by atoms with Gasteiger partial charge in [0.1, 0.15) is 6.33 Å². The molecule has 2 saturated carbocycles. The van der Waals surface area contributed by atoms with Gasteiger partial charge < -0.3 is 19.8 Å². The average molecular weight is 991 g/mol. The van der Waals surface area contributed by atoms with Crippen molar-refractivity contribution in [3.8, 4) is 11.3 Å². The zero-order chi connectivity index (χ0) is 45.9. The van der Waals surface area contributed by atoms with E-state index in [-0.39, 0.29) is 87.6 Å². The minimum absolute atomic E-state index is 0. The maximum absolute atomic E-state index is 12.5. The van der Waals surface area contributed by atoms with Gasteiger partial charge in [0.15, 0.2) is 0 Å². The van der Waals surface area contributed by atoms with Gasteiger partial charge in [-0.25, -0.2) is 9.78 Å². The largest absolute Gasteiger partial charge is 1.00 e. The van der Waals surface area contributed by atoms with Gasteiger partial charge in [-0.1, -0.05) is 71.4 Å². The Morgan fingerprint density at radius 1 is 0.682 bits per heavy atom. The van der Waals surface area contributed by atoms with Crippen LogP contribution in [0.3, 0.4) is 0 Å². The first-order chi connectivity index (χ1) is 30.2. The van der Waals surface area contributed by atoms with Crippen molar-refractivity contribution in [2.45, 2.75) is 109 Å². The van der Waals surface area contributed by atoms with Crippen LogP contribution < -0.4 is 61.4 Å². The van der Waals surface area contributed by atoms with Gasteiger partial charge in [0, 0.05) is 125 Å². The minimum Gasteiger partial charge on any atom is -0.850 e. The molecule has 0 unspecified atom stereocenters. The second-order valence-electron chi connectivity index (χ2n) is 16.4. The molecule has 5 aromatic heterocycles. The third-order valence-corrected chi connectivity index (χ3v) is 10.2. The number of rotatable bonds is 5. The molecule has 0 spiro atoms. The van der Waals surface area contributed by atoms with E-state index in [1.165, 1.54) is 44.2 Å². The Bertz CT molecular complexity index is 2020. The molecule has 6 heterocycles. The number of nitrogens with zero attached hydrogens (tertiary/aromatic N) is 10. The fraction of sp³-hybridized carbons (Fsp3) is 0.429. The number of aromatic nitrogens is 6. The summed E-state index contributed by atoms with van der Waals surface area (Å²) in [6, 6.07) is 18.1. The van der Waals surface area contributed by atoms with E-state index in [0.29, 0.717) is 12.1 Å². The van der Waals surface area contributed by atoms with Gasteiger partial charge in [0.05, 0.1) is 11.4 Å². The summed E-state index contributed by atoms with van der Waals surface area (Å²) in [4.78, 5) is 53.1. The number of pyridine rings is 4. The summed E-state index contributed by atoms with van der Waals surface area (Å²) in [5.41, 5.74) is 4.27. The summed E-state index contributed by atoms with van der Waals surface area (Å²) < 4.78 is 1.57. The molecule has 2 aliphatic carbocycles. The maximum atomic E-state index is 12.5. The molecule has 2 fully saturated rings. The van der Waals surface area contributed by atoms with Gasteiger partial charge in [-0.2, -0.15) is 0 Å². The summed E-state index contributed by atoms with van der Waals surface area (Å²) in [6.45, 7) is 4.90. The molecule has 354 valence electrons. The maximum Gasteiger partial charge on any atom is 1.00 e. The van der Waals surface area contributed by atoms with E-state index >= 15 is 0 Å². The Morgan fingerprint density at radius 3 is 1.56 bits per heavy atom. The second kappa shape index (κ2) is 35.6. The van der Waals surface area contributed by atoms with Gasteiger partial charge in [-0.3, -0.25) is 34.3 Å². The average Bonchev–Trinajstić information content (AvgIpc) is 4.05. The number of hydrogen-bond acceptors (Lipinski definition) is 10. The molecule has 0 radical (unpaired) electrons. The number of carbonyl (C=O) groups is 2. The fourth-order valence-corrected chi connectivity index (χ4v) is 6.68. The molecule has 17 heteroatoms. The van der Waals surface area contributed by atoms with Gasteiger partial charge >= 0.3 is 62.8 Å². The Morgan fingerprint density at radius 2 is 1.17 bits per heavy atom. The molecular formula is C49H68Cl3KN10O3. The SMILES string of the molecule is C1=NC(c2cccnc2)=CC1.CC(C)(C)[O-].CN(C(=O)Cl)C1CCCCC1.CN(C(=O)n1cnc(-c2cccnc2)c1)C1CCCCC1.CN(C)c1ccncc1.Cl.Cl.[K+].c1ccncc1. The molecule has 0 N–H and O–H groups in total. The minimum atomic E-state index is -0.750. The topological polar surface area (TPSA) is 149 Å². The number of aliphatic imine (C=N–C) groups is 1. The summed E-state index contributed by atoms with van der Waals surface area (Å²) >= 11 is 5.35. The van der Waals surface area contributed by atoms with Crippen LogP contribution in [0.15, 0.2) is 128 Å². The molecule has 0 atom stereocenters. The number of imidazole rings is 1. The van der Waals surface area contributed by atoms with Crippen LogP contribution in [-0.2, 0) is 0 Å². The summed E-state index contributed by atoms with van der Waals surface area (Å²) in [5, 5.41) is 9.78. The van der Waals surface area contributed by atoms with Crippen LogP contribution in [0.1, 0.15) is 97.0 Å². The van der Waals surface area contributed by atoms with E-state index in [1.54, 1.807) is 93.2 Å². The molecule has 0 aromatic carbocycles. The van der Waals surface area contributed by atoms with Crippen molar-refractivity contribution in [2.24, 2.45) is 4.99 Å². The van der Waals surface area contributed by atoms with Crippen LogP contribution in [0, 0.1) is 0 Å². The Labute approximate surface area is 453 Å². The zero-order valence-corrected chi connectivity index (χ0v) is 45.5. The van der Waals surface area contributed by atoms with Gasteiger partial charge in [0.25, 0.3) is 0 Å². The van der Waals surface area contributed by atoms with E-state index in [2.05, 4.69) is 36.0 Å². The van der Waals surface area contributed by atoms with Gasteiger partial charge in [-0.15, -0.1) is 30.4 Å². The van der Waals surface area contributed by atoms with Crippen molar-refractivity contribution in [3.63, 3.8) is 0 Å².